The van der Waals surface area contributed by atoms with Crippen molar-refractivity contribution in [2.24, 2.45) is 0 Å². The minimum atomic E-state index is -4.12. The summed E-state index contributed by atoms with van der Waals surface area (Å²) in [5.41, 5.74) is -0.362. The number of non-ortho nitro benzene ring substituents is 1. The Morgan fingerprint density at radius 1 is 1.25 bits per heavy atom. The van der Waals surface area contributed by atoms with E-state index in [-0.39, 0.29) is 21.8 Å². The second-order valence-corrected chi connectivity index (χ2v) is 7.14. The Balaban J connectivity index is 2.45. The molecular weight excluding hydrogens is 404 g/mol. The number of hydrogen-bond donors (Lipinski definition) is 1. The molecule has 0 saturated heterocycles. The van der Waals surface area contributed by atoms with E-state index >= 15 is 0 Å². The van der Waals surface area contributed by atoms with Crippen LogP contribution in [0.4, 0.5) is 11.4 Å². The van der Waals surface area contributed by atoms with E-state index < -0.39 is 20.9 Å². The van der Waals surface area contributed by atoms with Gasteiger partial charge in [-0.25, -0.2) is 13.2 Å². The summed E-state index contributed by atoms with van der Waals surface area (Å²) in [6, 6.07) is 8.90. The first-order valence-electron chi connectivity index (χ1n) is 6.40. The number of ether oxygens (including phenoxy) is 1. The molecule has 0 amide bonds. The van der Waals surface area contributed by atoms with Crippen LogP contribution < -0.4 is 4.72 Å². The topological polar surface area (TPSA) is 116 Å². The van der Waals surface area contributed by atoms with E-state index in [4.69, 9.17) is 0 Å². The number of nitro groups is 1. The van der Waals surface area contributed by atoms with Crippen molar-refractivity contribution in [3.8, 4) is 0 Å². The summed E-state index contributed by atoms with van der Waals surface area (Å²) < 4.78 is 32.3. The van der Waals surface area contributed by atoms with E-state index in [2.05, 4.69) is 25.4 Å². The second-order valence-electron chi connectivity index (χ2n) is 4.54. The number of esters is 1. The number of nitrogens with one attached hydrogen (secondary N) is 1. The van der Waals surface area contributed by atoms with Gasteiger partial charge in [0.25, 0.3) is 15.7 Å². The minimum absolute atomic E-state index is 0.000816. The van der Waals surface area contributed by atoms with Crippen molar-refractivity contribution in [3.05, 3.63) is 62.6 Å². The SMILES string of the molecule is COC(=O)c1cc(Br)ccc1NS(=O)(=O)c1cccc([N+](=O)[O-])c1. The van der Waals surface area contributed by atoms with Crippen molar-refractivity contribution in [3.63, 3.8) is 0 Å². The molecule has 0 aliphatic heterocycles. The van der Waals surface area contributed by atoms with Gasteiger partial charge >= 0.3 is 5.97 Å². The highest BCUT2D eigenvalue weighted by atomic mass is 79.9. The standard InChI is InChI=1S/C14H11BrN2O6S/c1-23-14(18)12-7-9(15)5-6-13(12)16-24(21,22)11-4-2-3-10(8-11)17(19)20/h2-8,16H,1H3. The summed E-state index contributed by atoms with van der Waals surface area (Å²) >= 11 is 3.18. The largest absolute Gasteiger partial charge is 0.465 e. The zero-order valence-corrected chi connectivity index (χ0v) is 14.6. The molecule has 24 heavy (non-hydrogen) atoms. The molecule has 0 aliphatic carbocycles. The molecular formula is C14H11BrN2O6S. The van der Waals surface area contributed by atoms with Crippen LogP contribution in [0.25, 0.3) is 0 Å². The molecule has 0 atom stereocenters. The average molecular weight is 415 g/mol. The molecule has 0 heterocycles. The molecule has 2 aromatic rings. The summed E-state index contributed by atoms with van der Waals surface area (Å²) in [5.74, 6) is -0.729. The van der Waals surface area contributed by atoms with Crippen molar-refractivity contribution in [2.75, 3.05) is 11.8 Å². The van der Waals surface area contributed by atoms with Gasteiger partial charge < -0.3 is 4.74 Å². The Kier molecular flexibility index (Phi) is 5.20. The Bertz CT molecular complexity index is 913. The molecule has 0 bridgehead atoms. The third-order valence-electron chi connectivity index (χ3n) is 2.97. The number of halogens is 1. The molecule has 0 spiro atoms. The van der Waals surface area contributed by atoms with Crippen LogP contribution in [0.5, 0.6) is 0 Å². The maximum atomic E-state index is 12.4. The molecule has 10 heteroatoms. The number of nitro benzene ring substituents is 1. The van der Waals surface area contributed by atoms with Crippen molar-refractivity contribution in [1.29, 1.82) is 0 Å². The summed E-state index contributed by atoms with van der Waals surface area (Å²) in [4.78, 5) is 21.6. The number of carbonyl (C=O) groups is 1. The summed E-state index contributed by atoms with van der Waals surface area (Å²) in [5, 5.41) is 10.8. The van der Waals surface area contributed by atoms with Crippen molar-refractivity contribution >= 4 is 43.3 Å². The van der Waals surface area contributed by atoms with Crippen LogP contribution in [0.3, 0.4) is 0 Å². The first-order chi connectivity index (χ1) is 11.2. The number of nitrogens with zero attached hydrogens (tertiary/aromatic N) is 1. The van der Waals surface area contributed by atoms with Gasteiger partial charge in [0.1, 0.15) is 0 Å². The number of carbonyl (C=O) groups excluding carboxylic acids is 1. The normalized spacial score (nSPS) is 10.9. The van der Waals surface area contributed by atoms with Crippen LogP contribution in [0.2, 0.25) is 0 Å². The fraction of sp³-hybridized carbons (Fsp3) is 0.0714. The lowest BCUT2D eigenvalue weighted by molar-refractivity contribution is -0.385. The fourth-order valence-electron chi connectivity index (χ4n) is 1.85. The molecule has 0 unspecified atom stereocenters. The molecule has 0 fully saturated rings. The highest BCUT2D eigenvalue weighted by Crippen LogP contribution is 2.25. The first-order valence-corrected chi connectivity index (χ1v) is 8.67. The molecule has 2 rings (SSSR count). The van der Waals surface area contributed by atoms with E-state index in [0.29, 0.717) is 4.47 Å². The molecule has 0 aromatic heterocycles. The fourth-order valence-corrected chi connectivity index (χ4v) is 3.33. The number of hydrogen-bond acceptors (Lipinski definition) is 6. The number of anilines is 1. The second kappa shape index (κ2) is 6.97. The third-order valence-corrected chi connectivity index (χ3v) is 4.83. The summed E-state index contributed by atoms with van der Waals surface area (Å²) in [7, 11) is -2.96. The Morgan fingerprint density at radius 2 is 1.96 bits per heavy atom. The van der Waals surface area contributed by atoms with E-state index in [9.17, 15) is 23.3 Å². The van der Waals surface area contributed by atoms with Crippen LogP contribution in [0.1, 0.15) is 10.4 Å². The maximum Gasteiger partial charge on any atom is 0.340 e. The van der Waals surface area contributed by atoms with Crippen molar-refractivity contribution < 1.29 is 22.9 Å². The smallest absolute Gasteiger partial charge is 0.340 e. The number of benzene rings is 2. The predicted molar refractivity (Wildman–Crippen MR) is 89.4 cm³/mol. The van der Waals surface area contributed by atoms with E-state index in [1.54, 1.807) is 0 Å². The van der Waals surface area contributed by atoms with Crippen LogP contribution in [-0.4, -0.2) is 26.4 Å². The van der Waals surface area contributed by atoms with E-state index in [1.807, 2.05) is 0 Å². The monoisotopic (exact) mass is 414 g/mol. The zero-order chi connectivity index (χ0) is 17.9. The summed E-state index contributed by atoms with van der Waals surface area (Å²) in [6.45, 7) is 0. The zero-order valence-electron chi connectivity index (χ0n) is 12.2. The summed E-state index contributed by atoms with van der Waals surface area (Å²) in [6.07, 6.45) is 0. The van der Waals surface area contributed by atoms with Gasteiger partial charge in [0, 0.05) is 16.6 Å². The van der Waals surface area contributed by atoms with Gasteiger partial charge in [-0.3, -0.25) is 14.8 Å². The number of methoxy groups -OCH3 is 1. The molecule has 0 radical (unpaired) electrons. The lowest BCUT2D eigenvalue weighted by Gasteiger charge is -2.12. The molecule has 1 N–H and O–H groups in total. The van der Waals surface area contributed by atoms with E-state index in [1.165, 1.54) is 43.5 Å². The molecule has 0 aliphatic rings. The first kappa shape index (κ1) is 17.9. The predicted octanol–water partition coefficient (Wildman–Crippen LogP) is 2.94. The van der Waals surface area contributed by atoms with Crippen LogP contribution in [0, 0.1) is 10.1 Å². The van der Waals surface area contributed by atoms with Crippen LogP contribution in [-0.2, 0) is 14.8 Å². The van der Waals surface area contributed by atoms with Crippen molar-refractivity contribution in [2.45, 2.75) is 4.90 Å². The van der Waals surface area contributed by atoms with Gasteiger partial charge in [0.2, 0.25) is 0 Å². The highest BCUT2D eigenvalue weighted by molar-refractivity contribution is 9.10. The van der Waals surface area contributed by atoms with Gasteiger partial charge in [-0.15, -0.1) is 0 Å². The third kappa shape index (κ3) is 3.89. The Hall–Kier alpha value is -2.46. The Labute approximate surface area is 145 Å². The highest BCUT2D eigenvalue weighted by Gasteiger charge is 2.21. The average Bonchev–Trinajstić information content (AvgIpc) is 2.55. The van der Waals surface area contributed by atoms with Gasteiger partial charge in [-0.2, -0.15) is 0 Å². The maximum absolute atomic E-state index is 12.4. The van der Waals surface area contributed by atoms with Crippen LogP contribution >= 0.6 is 15.9 Å². The molecule has 2 aromatic carbocycles. The lowest BCUT2D eigenvalue weighted by Crippen LogP contribution is -2.16. The van der Waals surface area contributed by atoms with Gasteiger partial charge in [0.05, 0.1) is 28.2 Å². The molecule has 0 saturated carbocycles. The van der Waals surface area contributed by atoms with Crippen LogP contribution in [0.15, 0.2) is 51.8 Å². The number of sulfonamides is 1. The minimum Gasteiger partial charge on any atom is -0.465 e. The van der Waals surface area contributed by atoms with Gasteiger partial charge in [-0.05, 0) is 24.3 Å². The Morgan fingerprint density at radius 3 is 2.58 bits per heavy atom. The quantitative estimate of drug-likeness (QED) is 0.456. The molecule has 8 nitrogen and oxygen atoms in total. The van der Waals surface area contributed by atoms with E-state index in [0.717, 1.165) is 6.07 Å². The van der Waals surface area contributed by atoms with Gasteiger partial charge in [0.15, 0.2) is 0 Å². The molecule has 126 valence electrons. The van der Waals surface area contributed by atoms with Crippen molar-refractivity contribution in [1.82, 2.24) is 0 Å². The lowest BCUT2D eigenvalue weighted by atomic mass is 10.2. The number of rotatable bonds is 5. The van der Waals surface area contributed by atoms with Gasteiger partial charge in [-0.1, -0.05) is 22.0 Å².